The van der Waals surface area contributed by atoms with Crippen LogP contribution in [-0.2, 0) is 11.3 Å². The fourth-order valence-corrected chi connectivity index (χ4v) is 2.88. The number of rotatable bonds is 4. The topological polar surface area (TPSA) is 45.7 Å². The Morgan fingerprint density at radius 2 is 2.18 bits per heavy atom. The van der Waals surface area contributed by atoms with E-state index >= 15 is 0 Å². The van der Waals surface area contributed by atoms with Crippen molar-refractivity contribution in [1.29, 1.82) is 0 Å². The molecule has 124 valence electrons. The number of ether oxygens (including phenoxy) is 1. The van der Waals surface area contributed by atoms with Crippen molar-refractivity contribution in [3.63, 3.8) is 0 Å². The third-order valence-corrected chi connectivity index (χ3v) is 3.99. The van der Waals surface area contributed by atoms with E-state index in [0.717, 1.165) is 29.5 Å². The fourth-order valence-electron chi connectivity index (χ4n) is 2.37. The number of nitrogens with zero attached hydrogens (tertiary/aromatic N) is 1. The molecule has 0 amide bonds. The van der Waals surface area contributed by atoms with Crippen LogP contribution in [0.5, 0.6) is 0 Å². The van der Waals surface area contributed by atoms with E-state index in [-0.39, 0.29) is 35.4 Å². The lowest BCUT2D eigenvalue weighted by molar-refractivity contribution is 0.0243. The molecule has 0 radical (unpaired) electrons. The number of aliphatic imine (C=N–C) groups is 1. The summed E-state index contributed by atoms with van der Waals surface area (Å²) in [6, 6.07) is 4.83. The highest BCUT2D eigenvalue weighted by molar-refractivity contribution is 14.0. The second kappa shape index (κ2) is 9.02. The number of hydrogen-bond donors (Lipinski definition) is 2. The minimum Gasteiger partial charge on any atom is -0.373 e. The predicted octanol–water partition coefficient (Wildman–Crippen LogP) is 3.44. The van der Waals surface area contributed by atoms with Crippen LogP contribution in [0.4, 0.5) is 4.39 Å². The molecule has 2 N–H and O–H groups in total. The van der Waals surface area contributed by atoms with Crippen LogP contribution in [0.1, 0.15) is 25.3 Å². The van der Waals surface area contributed by atoms with Crippen molar-refractivity contribution in [1.82, 2.24) is 10.6 Å². The Morgan fingerprint density at radius 3 is 2.77 bits per heavy atom. The first-order valence-electron chi connectivity index (χ1n) is 7.04. The van der Waals surface area contributed by atoms with E-state index in [2.05, 4.69) is 38.5 Å². The number of halogens is 3. The maximum Gasteiger partial charge on any atom is 0.191 e. The highest BCUT2D eigenvalue weighted by Crippen LogP contribution is 2.23. The standard InChI is InChI=1S/C15H21BrFN3O.HI/c1-15(4-3-5-21-15)10-20-14(18-2)19-9-11-6-12(16)8-13(17)7-11;/h6-8H,3-5,9-10H2,1-2H3,(H2,18,19,20);1H. The van der Waals surface area contributed by atoms with Gasteiger partial charge in [0.05, 0.1) is 5.60 Å². The van der Waals surface area contributed by atoms with E-state index in [9.17, 15) is 4.39 Å². The summed E-state index contributed by atoms with van der Waals surface area (Å²) in [6.07, 6.45) is 2.15. The molecule has 1 heterocycles. The van der Waals surface area contributed by atoms with Gasteiger partial charge in [-0.3, -0.25) is 4.99 Å². The molecule has 1 fully saturated rings. The van der Waals surface area contributed by atoms with Gasteiger partial charge in [0.1, 0.15) is 5.82 Å². The van der Waals surface area contributed by atoms with Gasteiger partial charge in [-0.2, -0.15) is 0 Å². The van der Waals surface area contributed by atoms with Crippen molar-refractivity contribution in [2.45, 2.75) is 31.9 Å². The quantitative estimate of drug-likeness (QED) is 0.390. The molecule has 1 saturated heterocycles. The SMILES string of the molecule is CN=C(NCc1cc(F)cc(Br)c1)NCC1(C)CCCO1.I. The van der Waals surface area contributed by atoms with Gasteiger partial charge in [0.2, 0.25) is 0 Å². The largest absolute Gasteiger partial charge is 0.373 e. The molecule has 1 atom stereocenters. The van der Waals surface area contributed by atoms with Gasteiger partial charge in [-0.15, -0.1) is 24.0 Å². The van der Waals surface area contributed by atoms with E-state index in [1.54, 1.807) is 7.05 Å². The lowest BCUT2D eigenvalue weighted by Gasteiger charge is -2.24. The average Bonchev–Trinajstić information content (AvgIpc) is 2.85. The Labute approximate surface area is 156 Å². The second-order valence-corrected chi connectivity index (χ2v) is 6.37. The summed E-state index contributed by atoms with van der Waals surface area (Å²) in [6.45, 7) is 4.14. The van der Waals surface area contributed by atoms with Crippen LogP contribution < -0.4 is 10.6 Å². The van der Waals surface area contributed by atoms with Gasteiger partial charge in [-0.05, 0) is 43.5 Å². The normalized spacial score (nSPS) is 21.4. The minimum atomic E-state index is -0.254. The molecule has 0 aromatic heterocycles. The van der Waals surface area contributed by atoms with E-state index < -0.39 is 0 Å². The van der Waals surface area contributed by atoms with Crippen LogP contribution in [0.15, 0.2) is 27.7 Å². The van der Waals surface area contributed by atoms with Crippen molar-refractivity contribution in [2.24, 2.45) is 4.99 Å². The first-order valence-corrected chi connectivity index (χ1v) is 7.83. The van der Waals surface area contributed by atoms with Crippen molar-refractivity contribution in [3.8, 4) is 0 Å². The zero-order valence-electron chi connectivity index (χ0n) is 12.8. The Bertz CT molecular complexity index is 501. The van der Waals surface area contributed by atoms with Crippen molar-refractivity contribution >= 4 is 45.9 Å². The molecular formula is C15H22BrFIN3O. The third-order valence-electron chi connectivity index (χ3n) is 3.54. The highest BCUT2D eigenvalue weighted by atomic mass is 127. The molecule has 1 aromatic carbocycles. The zero-order valence-corrected chi connectivity index (χ0v) is 16.7. The zero-order chi connectivity index (χ0) is 15.3. The fraction of sp³-hybridized carbons (Fsp3) is 0.533. The molecule has 4 nitrogen and oxygen atoms in total. The van der Waals surface area contributed by atoms with Crippen LogP contribution in [0.3, 0.4) is 0 Å². The van der Waals surface area contributed by atoms with Crippen LogP contribution in [0, 0.1) is 5.82 Å². The lowest BCUT2D eigenvalue weighted by Crippen LogP contribution is -2.45. The monoisotopic (exact) mass is 485 g/mol. The van der Waals surface area contributed by atoms with Crippen molar-refractivity contribution < 1.29 is 9.13 Å². The Morgan fingerprint density at radius 1 is 1.41 bits per heavy atom. The Hall–Kier alpha value is -0.410. The molecule has 0 bridgehead atoms. The van der Waals surface area contributed by atoms with Crippen molar-refractivity contribution in [2.75, 3.05) is 20.2 Å². The van der Waals surface area contributed by atoms with E-state index in [1.807, 2.05) is 6.07 Å². The van der Waals surface area contributed by atoms with E-state index in [0.29, 0.717) is 19.0 Å². The molecule has 1 unspecified atom stereocenters. The molecule has 1 aliphatic rings. The number of benzene rings is 1. The van der Waals surface area contributed by atoms with Gasteiger partial charge in [0, 0.05) is 31.2 Å². The van der Waals surface area contributed by atoms with Crippen LogP contribution in [0.2, 0.25) is 0 Å². The summed E-state index contributed by atoms with van der Waals surface area (Å²) < 4.78 is 19.8. The highest BCUT2D eigenvalue weighted by Gasteiger charge is 2.29. The van der Waals surface area contributed by atoms with Gasteiger partial charge in [0.25, 0.3) is 0 Å². The third kappa shape index (κ3) is 6.00. The summed E-state index contributed by atoms with van der Waals surface area (Å²) in [5.41, 5.74) is 0.729. The van der Waals surface area contributed by atoms with Crippen molar-refractivity contribution in [3.05, 3.63) is 34.1 Å². The van der Waals surface area contributed by atoms with Gasteiger partial charge in [-0.1, -0.05) is 15.9 Å². The first kappa shape index (κ1) is 19.6. The summed E-state index contributed by atoms with van der Waals surface area (Å²) in [4.78, 5) is 4.17. The summed E-state index contributed by atoms with van der Waals surface area (Å²) in [5, 5.41) is 6.44. The molecule has 0 saturated carbocycles. The molecule has 1 aliphatic heterocycles. The maximum absolute atomic E-state index is 13.3. The Balaban J connectivity index is 0.00000242. The first-order chi connectivity index (χ1) is 10.0. The summed E-state index contributed by atoms with van der Waals surface area (Å²) >= 11 is 3.29. The van der Waals surface area contributed by atoms with Gasteiger partial charge >= 0.3 is 0 Å². The van der Waals surface area contributed by atoms with Crippen LogP contribution >= 0.6 is 39.9 Å². The lowest BCUT2D eigenvalue weighted by atomic mass is 10.0. The number of guanidine groups is 1. The Kier molecular flexibility index (Phi) is 8.06. The number of hydrogen-bond acceptors (Lipinski definition) is 2. The van der Waals surface area contributed by atoms with E-state index in [1.165, 1.54) is 12.1 Å². The molecule has 2 rings (SSSR count). The maximum atomic E-state index is 13.3. The molecule has 0 aliphatic carbocycles. The molecule has 22 heavy (non-hydrogen) atoms. The molecule has 1 aromatic rings. The van der Waals surface area contributed by atoms with Gasteiger partial charge in [-0.25, -0.2) is 4.39 Å². The smallest absolute Gasteiger partial charge is 0.191 e. The van der Waals surface area contributed by atoms with Gasteiger partial charge < -0.3 is 15.4 Å². The second-order valence-electron chi connectivity index (χ2n) is 5.46. The van der Waals surface area contributed by atoms with Gasteiger partial charge in [0.15, 0.2) is 5.96 Å². The van der Waals surface area contributed by atoms with E-state index in [4.69, 9.17) is 4.74 Å². The summed E-state index contributed by atoms with van der Waals surface area (Å²) in [5.74, 6) is 0.433. The summed E-state index contributed by atoms with van der Waals surface area (Å²) in [7, 11) is 1.72. The number of nitrogens with one attached hydrogen (secondary N) is 2. The average molecular weight is 486 g/mol. The van der Waals surface area contributed by atoms with Crippen LogP contribution in [0.25, 0.3) is 0 Å². The van der Waals surface area contributed by atoms with Crippen LogP contribution in [-0.4, -0.2) is 31.8 Å². The minimum absolute atomic E-state index is 0. The molecular weight excluding hydrogens is 464 g/mol. The predicted molar refractivity (Wildman–Crippen MR) is 101 cm³/mol. The molecule has 7 heteroatoms. The molecule has 0 spiro atoms.